The van der Waals surface area contributed by atoms with Crippen LogP contribution in [-0.4, -0.2) is 9.52 Å². The van der Waals surface area contributed by atoms with Gasteiger partial charge < -0.3 is 0 Å². The van der Waals surface area contributed by atoms with E-state index in [1.165, 1.54) is 60.1 Å². The third kappa shape index (κ3) is 6.43. The van der Waals surface area contributed by atoms with E-state index in [2.05, 4.69) is 119 Å². The summed E-state index contributed by atoms with van der Waals surface area (Å²) in [5.74, 6) is 0.531. The number of hydrogen-bond donors (Lipinski definition) is 0. The number of fused-ring (bicyclic) bond motifs is 4. The summed E-state index contributed by atoms with van der Waals surface area (Å²) in [6, 6.07) is 36.2. The predicted octanol–water partition coefficient (Wildman–Crippen LogP) is 8.72. The van der Waals surface area contributed by atoms with Crippen molar-refractivity contribution >= 4 is 47.7 Å². The zero-order valence-electron chi connectivity index (χ0n) is 21.7. The van der Waals surface area contributed by atoms with Crippen LogP contribution in [0.1, 0.15) is 43.4 Å². The molecule has 0 spiro atoms. The van der Waals surface area contributed by atoms with Crippen LogP contribution in [0, 0.1) is 13.0 Å². The zero-order valence-corrected chi connectivity index (χ0v) is 26.7. The van der Waals surface area contributed by atoms with E-state index in [9.17, 15) is 0 Å². The van der Waals surface area contributed by atoms with Crippen LogP contribution in [0.25, 0.3) is 33.0 Å². The Labute approximate surface area is 242 Å². The number of aryl methyl sites for hydroxylation is 2. The Morgan fingerprint density at radius 2 is 1.57 bits per heavy atom. The van der Waals surface area contributed by atoms with Crippen LogP contribution in [0.5, 0.6) is 0 Å². The Balaban J connectivity index is 0.000000170. The Bertz CT molecular complexity index is 1440. The van der Waals surface area contributed by atoms with Gasteiger partial charge in [-0.25, -0.2) is 0 Å². The molecule has 4 heteroatoms. The van der Waals surface area contributed by atoms with Crippen LogP contribution in [0.2, 0.25) is 0 Å². The molecule has 0 N–H and O–H groups in total. The first kappa shape index (κ1) is 28.2. The smallest absolute Gasteiger partial charge is 0.0920 e. The van der Waals surface area contributed by atoms with Crippen molar-refractivity contribution in [2.75, 3.05) is 0 Å². The second kappa shape index (κ2) is 13.3. The van der Waals surface area contributed by atoms with Crippen molar-refractivity contribution in [3.63, 3.8) is 0 Å². The number of benzene rings is 4. The van der Waals surface area contributed by atoms with Gasteiger partial charge in [0.15, 0.2) is 0 Å². The van der Waals surface area contributed by atoms with Gasteiger partial charge in [0.1, 0.15) is 0 Å². The van der Waals surface area contributed by atoms with E-state index in [1.54, 1.807) is 0 Å². The van der Waals surface area contributed by atoms with Crippen LogP contribution < -0.4 is 10.4 Å². The summed E-state index contributed by atoms with van der Waals surface area (Å²) in [5.41, 5.74) is 9.81. The molecule has 5 aromatic rings. The molecule has 5 aromatic carbocycles. The van der Waals surface area contributed by atoms with Gasteiger partial charge in [0, 0.05) is 0 Å². The van der Waals surface area contributed by atoms with Gasteiger partial charge in [0.2, 0.25) is 0 Å². The van der Waals surface area contributed by atoms with Gasteiger partial charge in [-0.1, -0.05) is 91.2 Å². The first-order valence-corrected chi connectivity index (χ1v) is 19.9. The largest absolute Gasteiger partial charge is 0.184 e. The molecule has 0 saturated heterocycles. The molecule has 0 fully saturated rings. The summed E-state index contributed by atoms with van der Waals surface area (Å²) in [6.45, 7) is 9.01. The number of hydrogen-bond acceptors (Lipinski definition) is 0. The fraction of sp³-hybridized carbons (Fsp3) is 0.182. The van der Waals surface area contributed by atoms with Gasteiger partial charge in [0.05, 0.1) is 9.52 Å². The van der Waals surface area contributed by atoms with E-state index in [4.69, 9.17) is 17.0 Å². The normalized spacial score (nSPS) is 11.1. The van der Waals surface area contributed by atoms with Crippen LogP contribution in [0.3, 0.4) is 0 Å². The van der Waals surface area contributed by atoms with Gasteiger partial charge in [-0.05, 0) is 30.4 Å². The van der Waals surface area contributed by atoms with Crippen LogP contribution in [-0.2, 0) is 27.3 Å². The predicted molar refractivity (Wildman–Crippen MR) is 161 cm³/mol. The van der Waals surface area contributed by atoms with Crippen molar-refractivity contribution in [2.45, 2.75) is 40.0 Å². The first-order valence-electron chi connectivity index (χ1n) is 12.6. The summed E-state index contributed by atoms with van der Waals surface area (Å²) in [4.78, 5) is 0. The fourth-order valence-electron chi connectivity index (χ4n) is 4.93. The molecule has 2 radical (unpaired) electrons. The van der Waals surface area contributed by atoms with Crippen LogP contribution in [0.4, 0.5) is 0 Å². The summed E-state index contributed by atoms with van der Waals surface area (Å²) < 4.78 is 0. The summed E-state index contributed by atoms with van der Waals surface area (Å²) >= 11 is -0.826. The molecule has 0 unspecified atom stereocenters. The fourth-order valence-corrected chi connectivity index (χ4v) is 6.24. The minimum absolute atomic E-state index is 0.531. The molecule has 0 aromatic heterocycles. The molecule has 0 nitrogen and oxygen atoms in total. The van der Waals surface area contributed by atoms with Gasteiger partial charge in [-0.15, -0.1) is 40.1 Å². The van der Waals surface area contributed by atoms with Crippen molar-refractivity contribution in [3.8, 4) is 22.3 Å². The molecule has 6 rings (SSSR count). The van der Waals surface area contributed by atoms with E-state index >= 15 is 0 Å². The van der Waals surface area contributed by atoms with Crippen LogP contribution in [0.15, 0.2) is 91.0 Å². The molecule has 37 heavy (non-hydrogen) atoms. The minimum Gasteiger partial charge on any atom is -0.184 e. The van der Waals surface area contributed by atoms with Gasteiger partial charge in [-0.2, -0.15) is 35.5 Å². The standard InChI is InChI=1S/C21H23.C12H7Si.2ClH.Zr/c1-5-16-12-17-10-11-18(14(2)3)21(20(17)13-16)19-9-7-6-8-15(19)4;1-3-7-11-9(5-1)10-6-2-4-8-12(10)13-11;;;/h6-14H,5H2,1-4H3;1-7H;2*1H;/q2*-1;;;+4/p-2. The summed E-state index contributed by atoms with van der Waals surface area (Å²) in [7, 11) is 10.7. The van der Waals surface area contributed by atoms with Crippen molar-refractivity contribution in [1.82, 2.24) is 0 Å². The Morgan fingerprint density at radius 1 is 0.892 bits per heavy atom. The Kier molecular flexibility index (Phi) is 10.1. The molecule has 1 heterocycles. The topological polar surface area (TPSA) is 0 Å². The summed E-state index contributed by atoms with van der Waals surface area (Å²) in [6.07, 6.45) is 1.10. The van der Waals surface area contributed by atoms with Gasteiger partial charge >= 0.3 is 37.9 Å². The van der Waals surface area contributed by atoms with Crippen molar-refractivity contribution in [3.05, 3.63) is 114 Å². The maximum atomic E-state index is 4.93. The molecule has 0 saturated carbocycles. The molecule has 1 aliphatic rings. The monoisotopic (exact) mass is 614 g/mol. The third-order valence-corrected chi connectivity index (χ3v) is 8.13. The van der Waals surface area contributed by atoms with E-state index in [0.717, 1.165) is 15.9 Å². The maximum absolute atomic E-state index is 4.93. The van der Waals surface area contributed by atoms with Crippen molar-refractivity contribution in [2.24, 2.45) is 0 Å². The molecule has 184 valence electrons. The Hall–Kier alpha value is -1.83. The quantitative estimate of drug-likeness (QED) is 0.138. The van der Waals surface area contributed by atoms with E-state index < -0.39 is 20.8 Å². The minimum atomic E-state index is -0.826. The average Bonchev–Trinajstić information content (AvgIpc) is 3.50. The zero-order chi connectivity index (χ0) is 26.4. The van der Waals surface area contributed by atoms with E-state index in [-0.39, 0.29) is 0 Å². The van der Waals surface area contributed by atoms with Crippen molar-refractivity contribution in [1.29, 1.82) is 0 Å². The average molecular weight is 617 g/mol. The molecule has 0 atom stereocenters. The van der Waals surface area contributed by atoms with Gasteiger partial charge in [0.25, 0.3) is 0 Å². The molecule has 0 bridgehead atoms. The molecule has 0 aliphatic carbocycles. The molecular weight excluding hydrogens is 587 g/mol. The number of rotatable bonds is 3. The number of halogens is 2. The first-order chi connectivity index (χ1) is 18.0. The van der Waals surface area contributed by atoms with Crippen LogP contribution >= 0.6 is 17.0 Å². The third-order valence-electron chi connectivity index (χ3n) is 6.76. The van der Waals surface area contributed by atoms with Gasteiger partial charge in [-0.3, -0.25) is 0 Å². The second-order valence-electron chi connectivity index (χ2n) is 9.42. The van der Waals surface area contributed by atoms with E-state index in [1.807, 2.05) is 6.07 Å². The molecular formula is C33H30Cl2SiZr. The molecule has 0 amide bonds. The SMILES string of the molecule is CCc1cc2c(-c3ccccc3C)c(C(C)C)ccc2[cH-]1.[Cl][Zr+2][Cl].[c-]1cccc2c1[Si]c1ccccc1-2. The van der Waals surface area contributed by atoms with E-state index in [0.29, 0.717) is 5.92 Å². The van der Waals surface area contributed by atoms with Crippen molar-refractivity contribution < 1.29 is 20.8 Å². The maximum Gasteiger partial charge on any atom is 0.0920 e. The second-order valence-corrected chi connectivity index (χ2v) is 14.4. The Morgan fingerprint density at radius 3 is 2.27 bits per heavy atom. The molecule has 1 aliphatic heterocycles. The summed E-state index contributed by atoms with van der Waals surface area (Å²) in [5, 5.41) is 5.60.